The summed E-state index contributed by atoms with van der Waals surface area (Å²) in [6, 6.07) is 15.3. The van der Waals surface area contributed by atoms with E-state index in [0.717, 1.165) is 40.5 Å². The van der Waals surface area contributed by atoms with Gasteiger partial charge in [-0.1, -0.05) is 63.2 Å². The zero-order chi connectivity index (χ0) is 32.9. The quantitative estimate of drug-likeness (QED) is 0.166. The van der Waals surface area contributed by atoms with Crippen molar-refractivity contribution in [2.45, 2.75) is 61.9 Å². The second-order valence-electron chi connectivity index (χ2n) is 12.5. The van der Waals surface area contributed by atoms with Gasteiger partial charge in [-0.15, -0.1) is 13.2 Å². The van der Waals surface area contributed by atoms with Gasteiger partial charge in [-0.05, 0) is 73.9 Å². The van der Waals surface area contributed by atoms with Crippen LogP contribution in [0.3, 0.4) is 0 Å². The summed E-state index contributed by atoms with van der Waals surface area (Å²) in [4.78, 5) is 11.8. The van der Waals surface area contributed by atoms with Gasteiger partial charge in [-0.25, -0.2) is 17.9 Å². The number of halogens is 4. The molecule has 3 saturated carbocycles. The van der Waals surface area contributed by atoms with Crippen molar-refractivity contribution in [3.63, 3.8) is 0 Å². The van der Waals surface area contributed by atoms with E-state index in [4.69, 9.17) is 9.47 Å². The number of carboxylic acids is 1. The third-order valence-electron chi connectivity index (χ3n) is 9.47. The fourth-order valence-electron chi connectivity index (χ4n) is 7.29. The fraction of sp³-hybridized carbons (Fsp3) is 0.412. The minimum absolute atomic E-state index is 0.0412. The highest BCUT2D eigenvalue weighted by molar-refractivity contribution is 14.2. The van der Waals surface area contributed by atoms with Gasteiger partial charge < -0.3 is 19.3 Å². The van der Waals surface area contributed by atoms with Crippen molar-refractivity contribution in [1.29, 1.82) is 0 Å². The van der Waals surface area contributed by atoms with Crippen LogP contribution in [0, 0.1) is 17.8 Å². The van der Waals surface area contributed by atoms with Crippen LogP contribution in [0.2, 0.25) is 0 Å². The largest absolute Gasteiger partial charge is 0.573 e. The maximum absolute atomic E-state index is 13.7. The molecule has 0 spiro atoms. The van der Waals surface area contributed by atoms with Gasteiger partial charge in [-0.2, -0.15) is 0 Å². The number of para-hydroxylation sites is 1. The Morgan fingerprint density at radius 2 is 1.64 bits per heavy atom. The molecule has 250 valence electrons. The number of sulfonamides is 1. The molecule has 3 aromatic carbocycles. The van der Waals surface area contributed by atoms with Gasteiger partial charge in [0, 0.05) is 32.0 Å². The summed E-state index contributed by atoms with van der Waals surface area (Å²) in [5.74, 6) is -0.187. The van der Waals surface area contributed by atoms with Crippen molar-refractivity contribution in [1.82, 2.24) is 4.72 Å². The van der Waals surface area contributed by atoms with E-state index in [2.05, 4.69) is 9.46 Å². The fourth-order valence-corrected chi connectivity index (χ4v) is 11.4. The van der Waals surface area contributed by atoms with E-state index in [1.165, 1.54) is 24.3 Å². The second kappa shape index (κ2) is 12.8. The Hall–Kier alpha value is -3.01. The second-order valence-corrected chi connectivity index (χ2v) is 16.6. The number of alkyl halides is 4. The SMILES string of the molecule is O=C(O)c1ccc(S(=O)(=O)NC2C3CCC2CC(OCC2=C(C4CC4)OCI=C2c2ccccc2OC(F)(F)F)C3)c2ccccc12. The van der Waals surface area contributed by atoms with Gasteiger partial charge in [0.25, 0.3) is 0 Å². The lowest BCUT2D eigenvalue weighted by Gasteiger charge is -2.36. The topological polar surface area (TPSA) is 111 Å². The summed E-state index contributed by atoms with van der Waals surface area (Å²) in [6.07, 6.45) is -0.0278. The van der Waals surface area contributed by atoms with E-state index in [-0.39, 0.29) is 52.7 Å². The van der Waals surface area contributed by atoms with Crippen LogP contribution >= 0.6 is 20.7 Å². The number of nitrogens with one attached hydrogen (secondary N) is 1. The van der Waals surface area contributed by atoms with Crippen LogP contribution in [-0.2, 0) is 19.5 Å². The molecule has 0 radical (unpaired) electrons. The summed E-state index contributed by atoms with van der Waals surface area (Å²) in [7, 11) is -3.97. The highest BCUT2D eigenvalue weighted by Crippen LogP contribution is 2.46. The Morgan fingerprint density at radius 3 is 2.32 bits per heavy atom. The first-order valence-electron chi connectivity index (χ1n) is 15.5. The molecule has 2 unspecified atom stereocenters. The molecule has 8 nitrogen and oxygen atoms in total. The van der Waals surface area contributed by atoms with Crippen LogP contribution in [0.15, 0.2) is 76.9 Å². The first-order chi connectivity index (χ1) is 22.5. The van der Waals surface area contributed by atoms with Crippen molar-refractivity contribution < 1.29 is 45.7 Å². The lowest BCUT2D eigenvalue weighted by molar-refractivity contribution is -0.274. The van der Waals surface area contributed by atoms with Gasteiger partial charge >= 0.3 is 12.3 Å². The van der Waals surface area contributed by atoms with Crippen LogP contribution in [0.25, 0.3) is 10.8 Å². The molecule has 1 aliphatic heterocycles. The Bertz CT molecular complexity index is 1880. The third-order valence-corrected chi connectivity index (χ3v) is 13.6. The summed E-state index contributed by atoms with van der Waals surface area (Å²) < 4.78 is 88.6. The smallest absolute Gasteiger partial charge is 0.487 e. The number of aromatic carboxylic acids is 1. The molecular weight excluding hydrogens is 750 g/mol. The number of rotatable bonds is 10. The van der Waals surface area contributed by atoms with Gasteiger partial charge in [0.15, 0.2) is 0 Å². The summed E-state index contributed by atoms with van der Waals surface area (Å²) in [6.45, 7) is 0.212. The monoisotopic (exact) mass is 783 g/mol. The summed E-state index contributed by atoms with van der Waals surface area (Å²) in [5.41, 5.74) is 1.30. The van der Waals surface area contributed by atoms with E-state index in [0.29, 0.717) is 33.8 Å². The molecule has 3 fully saturated rings. The standard InChI is InChI=1S/C34H33F3INO7S/c35-34(36,37)46-28-8-4-3-7-26(28)30-27(32(19-9-10-19)45-18-38-30)17-44-22-15-20-11-12-21(16-22)31(20)39-47(42,43)29-14-13-25(33(40)41)23-5-1-2-6-24(23)29/h1-8,13-14,19-22,31,39H,9-12,15-18H2,(H,40,41). The van der Waals surface area contributed by atoms with Crippen molar-refractivity contribution in [3.8, 4) is 5.75 Å². The van der Waals surface area contributed by atoms with Crippen LogP contribution < -0.4 is 9.46 Å². The highest BCUT2D eigenvalue weighted by Gasteiger charge is 2.45. The van der Waals surface area contributed by atoms with Crippen LogP contribution in [-0.4, -0.2) is 52.7 Å². The summed E-state index contributed by atoms with van der Waals surface area (Å²) in [5, 5.41) is 10.3. The number of fused-ring (bicyclic) bond motifs is 3. The van der Waals surface area contributed by atoms with Gasteiger partial charge in [0.2, 0.25) is 10.0 Å². The molecule has 47 heavy (non-hydrogen) atoms. The van der Waals surface area contributed by atoms with E-state index >= 15 is 0 Å². The minimum atomic E-state index is -4.81. The number of benzene rings is 3. The molecular formula is C34H33F3INO7S. The molecule has 2 N–H and O–H groups in total. The first-order valence-corrected chi connectivity index (χ1v) is 19.6. The van der Waals surface area contributed by atoms with Gasteiger partial charge in [0.05, 0.1) is 23.2 Å². The van der Waals surface area contributed by atoms with Crippen molar-refractivity contribution in [3.05, 3.63) is 83.1 Å². The molecule has 3 aromatic rings. The molecule has 3 aliphatic carbocycles. The van der Waals surface area contributed by atoms with Crippen LogP contribution in [0.5, 0.6) is 5.75 Å². The lowest BCUT2D eigenvalue weighted by Crippen LogP contribution is -2.46. The Labute approximate surface area is 280 Å². The number of carbonyl (C=O) groups is 1. The predicted molar refractivity (Wildman–Crippen MR) is 177 cm³/mol. The number of carboxylic acid groups (broad SMARTS) is 1. The first kappa shape index (κ1) is 32.5. The molecule has 1 heterocycles. The van der Waals surface area contributed by atoms with Crippen LogP contribution in [0.4, 0.5) is 13.2 Å². The average molecular weight is 784 g/mol. The average Bonchev–Trinajstić information content (AvgIpc) is 3.85. The molecule has 2 bridgehead atoms. The van der Waals surface area contributed by atoms with E-state index in [9.17, 15) is 31.5 Å². The zero-order valence-electron chi connectivity index (χ0n) is 25.1. The normalized spacial score (nSPS) is 24.8. The number of allylic oxidation sites excluding steroid dienone is 1. The Kier molecular flexibility index (Phi) is 8.85. The number of ether oxygens (including phenoxy) is 3. The van der Waals surface area contributed by atoms with Crippen molar-refractivity contribution in [2.24, 2.45) is 17.8 Å². The zero-order valence-corrected chi connectivity index (χ0v) is 28.1. The van der Waals surface area contributed by atoms with E-state index < -0.39 is 43.1 Å². The maximum Gasteiger partial charge on any atom is 0.573 e. The summed E-state index contributed by atoms with van der Waals surface area (Å²) >= 11 is -0.757. The highest BCUT2D eigenvalue weighted by atomic mass is 127. The third kappa shape index (κ3) is 6.81. The predicted octanol–water partition coefficient (Wildman–Crippen LogP) is 7.13. The Morgan fingerprint density at radius 1 is 0.957 bits per heavy atom. The van der Waals surface area contributed by atoms with Crippen molar-refractivity contribution >= 4 is 51.0 Å². The van der Waals surface area contributed by atoms with Gasteiger partial charge in [0.1, 0.15) is 16.1 Å². The lowest BCUT2D eigenvalue weighted by atomic mass is 9.83. The minimum Gasteiger partial charge on any atom is -0.487 e. The molecule has 7 rings (SSSR count). The number of hydrogen-bond donors (Lipinski definition) is 2. The van der Waals surface area contributed by atoms with Gasteiger partial charge in [-0.3, -0.25) is 0 Å². The molecule has 13 heteroatoms. The van der Waals surface area contributed by atoms with Crippen molar-refractivity contribution in [2.75, 3.05) is 11.2 Å². The Balaban J connectivity index is 1.08. The molecule has 0 amide bonds. The molecule has 0 aromatic heterocycles. The molecule has 4 aliphatic rings. The van der Waals surface area contributed by atoms with Crippen LogP contribution in [0.1, 0.15) is 54.4 Å². The number of hydrogen-bond acceptors (Lipinski definition) is 6. The maximum atomic E-state index is 13.7. The molecule has 2 atom stereocenters. The van der Waals surface area contributed by atoms with E-state index in [1.54, 1.807) is 36.4 Å². The molecule has 0 saturated heterocycles. The van der Waals surface area contributed by atoms with E-state index in [1.807, 2.05) is 0 Å².